The molecule has 0 aliphatic rings. The zero-order valence-corrected chi connectivity index (χ0v) is 11.9. The predicted octanol–water partition coefficient (Wildman–Crippen LogP) is 1.35. The summed E-state index contributed by atoms with van der Waals surface area (Å²) in [6.07, 6.45) is 0.596. The molecule has 102 valence electrons. The maximum absolute atomic E-state index is 9.82. The van der Waals surface area contributed by atoms with Crippen molar-refractivity contribution in [1.82, 2.24) is 0 Å². The van der Waals surface area contributed by atoms with E-state index in [1.54, 1.807) is 0 Å². The number of aliphatic hydroxyl groups is 1. The van der Waals surface area contributed by atoms with Crippen LogP contribution in [0.5, 0.6) is 5.75 Å². The van der Waals surface area contributed by atoms with Crippen molar-refractivity contribution in [3.8, 4) is 5.75 Å². The van der Waals surface area contributed by atoms with Gasteiger partial charge in [-0.2, -0.15) is 0 Å². The van der Waals surface area contributed by atoms with Gasteiger partial charge in [-0.3, -0.25) is 0 Å². The van der Waals surface area contributed by atoms with Gasteiger partial charge in [0, 0.05) is 0 Å². The van der Waals surface area contributed by atoms with Gasteiger partial charge in [-0.15, -0.1) is 0 Å². The van der Waals surface area contributed by atoms with Crippen LogP contribution in [0.4, 0.5) is 0 Å². The highest BCUT2D eigenvalue weighted by atomic mass is 16.5. The normalized spacial score (nSPS) is 13.4. The third-order valence-electron chi connectivity index (χ3n) is 2.78. The van der Waals surface area contributed by atoms with Crippen LogP contribution >= 0.6 is 0 Å². The van der Waals surface area contributed by atoms with Gasteiger partial charge in [-0.25, -0.2) is 0 Å². The predicted molar refractivity (Wildman–Crippen MR) is 73.9 cm³/mol. The summed E-state index contributed by atoms with van der Waals surface area (Å²) in [6.45, 7) is 9.52. The number of aliphatic hydroxyl groups excluding tert-OH is 1. The Labute approximate surface area is 110 Å². The zero-order chi connectivity index (χ0) is 13.6. The van der Waals surface area contributed by atoms with Gasteiger partial charge in [-0.05, 0) is 44.9 Å². The number of aryl methyl sites for hydroxylation is 1. The summed E-state index contributed by atoms with van der Waals surface area (Å²) in [4.78, 5) is 0. The van der Waals surface area contributed by atoms with Crippen LogP contribution in [0.25, 0.3) is 0 Å². The van der Waals surface area contributed by atoms with Crippen molar-refractivity contribution >= 4 is 0 Å². The SMILES string of the molecule is CCc1ccc(OC[C@@H](O)C[NH2+]C(C)(C)C)cc1. The minimum Gasteiger partial charge on any atom is -0.491 e. The minimum absolute atomic E-state index is 0.143. The van der Waals surface area contributed by atoms with Crippen LogP contribution in [-0.4, -0.2) is 29.9 Å². The second-order valence-corrected chi connectivity index (χ2v) is 5.77. The average molecular weight is 252 g/mol. The summed E-state index contributed by atoms with van der Waals surface area (Å²) in [5.74, 6) is 0.821. The molecule has 1 rings (SSSR count). The number of benzene rings is 1. The van der Waals surface area contributed by atoms with Gasteiger partial charge < -0.3 is 15.2 Å². The molecule has 0 saturated carbocycles. The quantitative estimate of drug-likeness (QED) is 0.803. The van der Waals surface area contributed by atoms with Crippen LogP contribution in [0.3, 0.4) is 0 Å². The fraction of sp³-hybridized carbons (Fsp3) is 0.600. The van der Waals surface area contributed by atoms with E-state index in [9.17, 15) is 5.11 Å². The Kier molecular flexibility index (Phi) is 5.63. The van der Waals surface area contributed by atoms with Crippen LogP contribution in [0.15, 0.2) is 24.3 Å². The van der Waals surface area contributed by atoms with Crippen molar-refractivity contribution in [2.75, 3.05) is 13.2 Å². The van der Waals surface area contributed by atoms with Crippen LogP contribution in [0.1, 0.15) is 33.3 Å². The second kappa shape index (κ2) is 6.76. The van der Waals surface area contributed by atoms with Gasteiger partial charge in [0.05, 0.1) is 5.54 Å². The highest BCUT2D eigenvalue weighted by Crippen LogP contribution is 2.12. The zero-order valence-electron chi connectivity index (χ0n) is 11.9. The second-order valence-electron chi connectivity index (χ2n) is 5.77. The molecule has 0 radical (unpaired) electrons. The molecule has 0 aliphatic heterocycles. The molecule has 1 atom stereocenters. The fourth-order valence-electron chi connectivity index (χ4n) is 1.57. The van der Waals surface area contributed by atoms with Crippen LogP contribution < -0.4 is 10.1 Å². The monoisotopic (exact) mass is 252 g/mol. The van der Waals surface area contributed by atoms with Crippen molar-refractivity contribution in [3.63, 3.8) is 0 Å². The largest absolute Gasteiger partial charge is 0.491 e. The Bertz CT molecular complexity index is 341. The van der Waals surface area contributed by atoms with Gasteiger partial charge in [0.15, 0.2) is 0 Å². The molecule has 3 heteroatoms. The van der Waals surface area contributed by atoms with E-state index in [2.05, 4.69) is 45.1 Å². The lowest BCUT2D eigenvalue weighted by molar-refractivity contribution is -0.722. The average Bonchev–Trinajstić information content (AvgIpc) is 2.33. The van der Waals surface area contributed by atoms with E-state index in [0.717, 1.165) is 12.2 Å². The van der Waals surface area contributed by atoms with Crippen molar-refractivity contribution in [2.45, 2.75) is 45.8 Å². The molecule has 0 aromatic heterocycles. The first kappa shape index (κ1) is 15.0. The molecular formula is C15H26NO2+. The molecule has 0 amide bonds. The molecule has 0 fully saturated rings. The van der Waals surface area contributed by atoms with Crippen molar-refractivity contribution in [1.29, 1.82) is 0 Å². The Morgan fingerprint density at radius 2 is 1.83 bits per heavy atom. The maximum Gasteiger partial charge on any atom is 0.137 e. The summed E-state index contributed by atoms with van der Waals surface area (Å²) < 4.78 is 5.56. The molecule has 0 saturated heterocycles. The lowest BCUT2D eigenvalue weighted by atomic mass is 10.1. The third-order valence-corrected chi connectivity index (χ3v) is 2.78. The summed E-state index contributed by atoms with van der Waals surface area (Å²) in [5, 5.41) is 11.9. The van der Waals surface area contributed by atoms with E-state index in [1.807, 2.05) is 12.1 Å². The van der Waals surface area contributed by atoms with Gasteiger partial charge in [0.1, 0.15) is 25.0 Å². The van der Waals surface area contributed by atoms with Crippen LogP contribution in [0, 0.1) is 0 Å². The van der Waals surface area contributed by atoms with Crippen molar-refractivity contribution in [3.05, 3.63) is 29.8 Å². The lowest BCUT2D eigenvalue weighted by Crippen LogP contribution is -2.96. The molecule has 1 aromatic carbocycles. The molecule has 0 unspecified atom stereocenters. The standard InChI is InChI=1S/C15H25NO2/c1-5-12-6-8-14(9-7-12)18-11-13(17)10-16-15(2,3)4/h6-9,13,16-17H,5,10-11H2,1-4H3/p+1/t13-/m0/s1. The summed E-state index contributed by atoms with van der Waals surface area (Å²) in [6, 6.07) is 8.03. The molecule has 3 N–H and O–H groups in total. The number of rotatable bonds is 6. The smallest absolute Gasteiger partial charge is 0.137 e. The summed E-state index contributed by atoms with van der Waals surface area (Å²) >= 11 is 0. The number of hydrogen-bond acceptors (Lipinski definition) is 2. The highest BCUT2D eigenvalue weighted by molar-refractivity contribution is 5.27. The molecule has 0 heterocycles. The topological polar surface area (TPSA) is 46.1 Å². The molecule has 3 nitrogen and oxygen atoms in total. The Balaban J connectivity index is 2.31. The molecule has 0 spiro atoms. The molecule has 1 aromatic rings. The summed E-state index contributed by atoms with van der Waals surface area (Å²) in [5.41, 5.74) is 1.44. The van der Waals surface area contributed by atoms with E-state index < -0.39 is 6.10 Å². The Morgan fingerprint density at radius 3 is 2.33 bits per heavy atom. The maximum atomic E-state index is 9.82. The molecule has 0 bridgehead atoms. The van der Waals surface area contributed by atoms with Gasteiger partial charge in [0.2, 0.25) is 0 Å². The highest BCUT2D eigenvalue weighted by Gasteiger charge is 2.16. The van der Waals surface area contributed by atoms with E-state index in [1.165, 1.54) is 5.56 Å². The fourth-order valence-corrected chi connectivity index (χ4v) is 1.57. The first-order chi connectivity index (χ1) is 8.40. The molecule has 0 aliphatic carbocycles. The number of nitrogens with two attached hydrogens (primary N) is 1. The van der Waals surface area contributed by atoms with Crippen LogP contribution in [-0.2, 0) is 6.42 Å². The van der Waals surface area contributed by atoms with E-state index in [4.69, 9.17) is 4.74 Å². The van der Waals surface area contributed by atoms with Crippen molar-refractivity contribution in [2.24, 2.45) is 0 Å². The number of ether oxygens (including phenoxy) is 1. The minimum atomic E-state index is -0.435. The van der Waals surface area contributed by atoms with E-state index in [-0.39, 0.29) is 5.54 Å². The first-order valence-electron chi connectivity index (χ1n) is 6.65. The van der Waals surface area contributed by atoms with E-state index in [0.29, 0.717) is 13.2 Å². The summed E-state index contributed by atoms with van der Waals surface area (Å²) in [7, 11) is 0. The molecular weight excluding hydrogens is 226 g/mol. The number of quaternary nitrogens is 1. The van der Waals surface area contributed by atoms with Crippen LogP contribution in [0.2, 0.25) is 0 Å². The Hall–Kier alpha value is -1.06. The molecule has 18 heavy (non-hydrogen) atoms. The third kappa shape index (κ3) is 6.03. The van der Waals surface area contributed by atoms with Gasteiger partial charge >= 0.3 is 0 Å². The van der Waals surface area contributed by atoms with E-state index >= 15 is 0 Å². The lowest BCUT2D eigenvalue weighted by Gasteiger charge is -2.19. The first-order valence-corrected chi connectivity index (χ1v) is 6.65. The van der Waals surface area contributed by atoms with Gasteiger partial charge in [-0.1, -0.05) is 19.1 Å². The van der Waals surface area contributed by atoms with Gasteiger partial charge in [0.25, 0.3) is 0 Å². The number of hydrogen-bond donors (Lipinski definition) is 2. The Morgan fingerprint density at radius 1 is 1.22 bits per heavy atom. The van der Waals surface area contributed by atoms with Crippen molar-refractivity contribution < 1.29 is 15.2 Å².